The Morgan fingerprint density at radius 1 is 1.29 bits per heavy atom. The molecule has 5 heteroatoms. The van der Waals surface area contributed by atoms with Gasteiger partial charge in [-0.25, -0.2) is 0 Å². The van der Waals surface area contributed by atoms with Crippen molar-refractivity contribution in [2.75, 3.05) is 27.3 Å². The molecule has 0 spiro atoms. The van der Waals surface area contributed by atoms with Crippen LogP contribution in [0.2, 0.25) is 0 Å². The molecule has 0 radical (unpaired) electrons. The van der Waals surface area contributed by atoms with Crippen LogP contribution < -0.4 is 15.2 Å². The Morgan fingerprint density at radius 3 is 2.48 bits per heavy atom. The summed E-state index contributed by atoms with van der Waals surface area (Å²) < 4.78 is 11.8. The Hall–Kier alpha value is -0.780. The van der Waals surface area contributed by atoms with Crippen molar-refractivity contribution in [1.29, 1.82) is 0 Å². The zero-order chi connectivity index (χ0) is 15.6. The maximum absolute atomic E-state index is 6.21. The predicted octanol–water partition coefficient (Wildman–Crippen LogP) is 3.03. The normalized spacial score (nSPS) is 22.1. The lowest BCUT2D eigenvalue weighted by Crippen LogP contribution is -2.52. The van der Waals surface area contributed by atoms with Gasteiger partial charge in [0, 0.05) is 30.1 Å². The van der Waals surface area contributed by atoms with E-state index in [9.17, 15) is 0 Å². The van der Waals surface area contributed by atoms with Crippen molar-refractivity contribution in [3.63, 3.8) is 0 Å². The van der Waals surface area contributed by atoms with Crippen molar-refractivity contribution in [2.24, 2.45) is 11.1 Å². The molecule has 1 unspecified atom stereocenters. The third-order valence-corrected chi connectivity index (χ3v) is 5.08. The number of halogens is 1. The fourth-order valence-electron chi connectivity index (χ4n) is 2.88. The first-order chi connectivity index (χ1) is 9.87. The SMILES string of the molecule is COc1cc(Br)c(CN2CCC(N)C(C)(C)C2)cc1OC. The van der Waals surface area contributed by atoms with E-state index in [2.05, 4.69) is 34.7 Å². The van der Waals surface area contributed by atoms with E-state index in [1.165, 1.54) is 5.56 Å². The van der Waals surface area contributed by atoms with Gasteiger partial charge in [0.25, 0.3) is 0 Å². The highest BCUT2D eigenvalue weighted by molar-refractivity contribution is 9.10. The van der Waals surface area contributed by atoms with Gasteiger partial charge < -0.3 is 15.2 Å². The van der Waals surface area contributed by atoms with Crippen LogP contribution in [0, 0.1) is 5.41 Å². The molecular formula is C16H25BrN2O2. The molecule has 0 aromatic heterocycles. The van der Waals surface area contributed by atoms with E-state index >= 15 is 0 Å². The summed E-state index contributed by atoms with van der Waals surface area (Å²) in [5, 5.41) is 0. The molecule has 1 saturated heterocycles. The van der Waals surface area contributed by atoms with Gasteiger partial charge in [-0.15, -0.1) is 0 Å². The van der Waals surface area contributed by atoms with Gasteiger partial charge in [0.15, 0.2) is 11.5 Å². The molecule has 1 atom stereocenters. The molecule has 1 aliphatic rings. The molecule has 1 heterocycles. The smallest absolute Gasteiger partial charge is 0.161 e. The minimum absolute atomic E-state index is 0.154. The van der Waals surface area contributed by atoms with Crippen LogP contribution in [-0.2, 0) is 6.54 Å². The summed E-state index contributed by atoms with van der Waals surface area (Å²) in [4.78, 5) is 2.45. The number of likely N-dealkylation sites (tertiary alicyclic amines) is 1. The predicted molar refractivity (Wildman–Crippen MR) is 88.9 cm³/mol. The molecule has 1 aliphatic heterocycles. The second-order valence-electron chi connectivity index (χ2n) is 6.39. The monoisotopic (exact) mass is 356 g/mol. The fourth-order valence-corrected chi connectivity index (χ4v) is 3.33. The fraction of sp³-hybridized carbons (Fsp3) is 0.625. The number of rotatable bonds is 4. The average Bonchev–Trinajstić information content (AvgIpc) is 2.44. The zero-order valence-electron chi connectivity index (χ0n) is 13.3. The summed E-state index contributed by atoms with van der Waals surface area (Å²) in [7, 11) is 3.32. The van der Waals surface area contributed by atoms with Gasteiger partial charge in [-0.3, -0.25) is 4.90 Å². The molecule has 2 N–H and O–H groups in total. The summed E-state index contributed by atoms with van der Waals surface area (Å²) in [6, 6.07) is 4.29. The molecule has 2 rings (SSSR count). The summed E-state index contributed by atoms with van der Waals surface area (Å²) in [5.41, 5.74) is 7.57. The Labute approximate surface area is 135 Å². The minimum Gasteiger partial charge on any atom is -0.493 e. The zero-order valence-corrected chi connectivity index (χ0v) is 14.9. The highest BCUT2D eigenvalue weighted by Gasteiger charge is 2.33. The van der Waals surface area contributed by atoms with Gasteiger partial charge in [-0.05, 0) is 29.5 Å². The molecule has 1 fully saturated rings. The van der Waals surface area contributed by atoms with Gasteiger partial charge in [-0.2, -0.15) is 0 Å². The number of benzene rings is 1. The number of hydrogen-bond acceptors (Lipinski definition) is 4. The first kappa shape index (κ1) is 16.6. The molecule has 4 nitrogen and oxygen atoms in total. The first-order valence-corrected chi connectivity index (χ1v) is 8.05. The van der Waals surface area contributed by atoms with Crippen molar-refractivity contribution < 1.29 is 9.47 Å². The van der Waals surface area contributed by atoms with Crippen LogP contribution in [0.4, 0.5) is 0 Å². The number of nitrogens with two attached hydrogens (primary N) is 1. The van der Waals surface area contributed by atoms with Crippen molar-refractivity contribution >= 4 is 15.9 Å². The summed E-state index contributed by atoms with van der Waals surface area (Å²) in [5.74, 6) is 1.51. The summed E-state index contributed by atoms with van der Waals surface area (Å²) >= 11 is 3.63. The Balaban J connectivity index is 2.16. The van der Waals surface area contributed by atoms with Crippen molar-refractivity contribution in [3.8, 4) is 11.5 Å². The second kappa shape index (κ2) is 6.55. The van der Waals surface area contributed by atoms with Crippen LogP contribution in [-0.4, -0.2) is 38.3 Å². The highest BCUT2D eigenvalue weighted by Crippen LogP contribution is 2.35. The van der Waals surface area contributed by atoms with E-state index in [-0.39, 0.29) is 11.5 Å². The molecule has 0 bridgehead atoms. The quantitative estimate of drug-likeness (QED) is 0.900. The summed E-state index contributed by atoms with van der Waals surface area (Å²) in [6.45, 7) is 7.42. The first-order valence-electron chi connectivity index (χ1n) is 7.25. The van der Waals surface area contributed by atoms with E-state index in [0.717, 1.165) is 42.0 Å². The number of piperidine rings is 1. The Morgan fingerprint density at radius 2 is 1.90 bits per heavy atom. The van der Waals surface area contributed by atoms with Gasteiger partial charge in [0.05, 0.1) is 14.2 Å². The lowest BCUT2D eigenvalue weighted by molar-refractivity contribution is 0.0896. The van der Waals surface area contributed by atoms with Crippen molar-refractivity contribution in [1.82, 2.24) is 4.90 Å². The van der Waals surface area contributed by atoms with Crippen molar-refractivity contribution in [3.05, 3.63) is 22.2 Å². The summed E-state index contributed by atoms with van der Waals surface area (Å²) in [6.07, 6.45) is 1.04. The molecule has 1 aromatic rings. The lowest BCUT2D eigenvalue weighted by Gasteiger charge is -2.42. The van der Waals surface area contributed by atoms with Crippen LogP contribution in [0.3, 0.4) is 0 Å². The van der Waals surface area contributed by atoms with Crippen LogP contribution in [0.1, 0.15) is 25.8 Å². The molecule has 0 amide bonds. The van der Waals surface area contributed by atoms with E-state index in [1.807, 2.05) is 12.1 Å². The third kappa shape index (κ3) is 3.71. The van der Waals surface area contributed by atoms with Gasteiger partial charge in [0.1, 0.15) is 0 Å². The molecule has 118 valence electrons. The number of hydrogen-bond donors (Lipinski definition) is 1. The Bertz CT molecular complexity index is 505. The van der Waals surface area contributed by atoms with Gasteiger partial charge >= 0.3 is 0 Å². The number of ether oxygens (including phenoxy) is 2. The van der Waals surface area contributed by atoms with E-state index in [0.29, 0.717) is 0 Å². The molecule has 1 aromatic carbocycles. The van der Waals surface area contributed by atoms with Crippen molar-refractivity contribution in [2.45, 2.75) is 32.9 Å². The van der Waals surface area contributed by atoms with E-state index in [1.54, 1.807) is 14.2 Å². The average molecular weight is 357 g/mol. The number of nitrogens with zero attached hydrogens (tertiary/aromatic N) is 1. The van der Waals surface area contributed by atoms with Gasteiger partial charge in [-0.1, -0.05) is 29.8 Å². The van der Waals surface area contributed by atoms with Crippen LogP contribution in [0.5, 0.6) is 11.5 Å². The van der Waals surface area contributed by atoms with Crippen LogP contribution >= 0.6 is 15.9 Å². The molecular weight excluding hydrogens is 332 g/mol. The number of methoxy groups -OCH3 is 2. The second-order valence-corrected chi connectivity index (χ2v) is 7.25. The van der Waals surface area contributed by atoms with Crippen LogP contribution in [0.15, 0.2) is 16.6 Å². The van der Waals surface area contributed by atoms with E-state index in [4.69, 9.17) is 15.2 Å². The third-order valence-electron chi connectivity index (χ3n) is 4.34. The maximum Gasteiger partial charge on any atom is 0.161 e. The molecule has 21 heavy (non-hydrogen) atoms. The van der Waals surface area contributed by atoms with E-state index < -0.39 is 0 Å². The standard InChI is InChI=1S/C16H25BrN2O2/c1-16(2)10-19(6-5-15(16)18)9-11-7-13(20-3)14(21-4)8-12(11)17/h7-8,15H,5-6,9-10,18H2,1-4H3. The highest BCUT2D eigenvalue weighted by atomic mass is 79.9. The lowest BCUT2D eigenvalue weighted by atomic mass is 9.79. The van der Waals surface area contributed by atoms with Crippen LogP contribution in [0.25, 0.3) is 0 Å². The Kier molecular flexibility index (Phi) is 5.17. The maximum atomic E-state index is 6.21. The topological polar surface area (TPSA) is 47.7 Å². The molecule has 0 aliphatic carbocycles. The van der Waals surface area contributed by atoms with Gasteiger partial charge in [0.2, 0.25) is 0 Å². The largest absolute Gasteiger partial charge is 0.493 e. The minimum atomic E-state index is 0.154. The molecule has 0 saturated carbocycles.